The first-order valence-corrected chi connectivity index (χ1v) is 7.07. The molecule has 1 fully saturated rings. The fourth-order valence-electron chi connectivity index (χ4n) is 2.50. The maximum Gasteiger partial charge on any atom is 0.354 e. The molecule has 0 aliphatic carbocycles. The third-order valence-electron chi connectivity index (χ3n) is 3.55. The van der Waals surface area contributed by atoms with Crippen molar-refractivity contribution in [2.75, 3.05) is 18.4 Å². The Bertz CT molecular complexity index is 488. The molecule has 0 aromatic carbocycles. The van der Waals surface area contributed by atoms with Gasteiger partial charge < -0.3 is 20.3 Å². The third-order valence-corrected chi connectivity index (χ3v) is 3.55. The molecule has 0 saturated carbocycles. The largest absolute Gasteiger partial charge is 0.477 e. The number of aromatic carboxylic acids is 1. The van der Waals surface area contributed by atoms with E-state index in [0.29, 0.717) is 11.4 Å². The summed E-state index contributed by atoms with van der Waals surface area (Å²) in [6, 6.07) is 1.43. The van der Waals surface area contributed by atoms with E-state index in [1.54, 1.807) is 17.9 Å². The molecule has 2 amide bonds. The van der Waals surface area contributed by atoms with Crippen molar-refractivity contribution in [2.45, 2.75) is 39.0 Å². The van der Waals surface area contributed by atoms with Gasteiger partial charge in [-0.15, -0.1) is 0 Å². The number of hydrogen-bond donors (Lipinski definition) is 3. The number of carboxylic acids is 1. The Labute approximate surface area is 118 Å². The summed E-state index contributed by atoms with van der Waals surface area (Å²) < 4.78 is 0. The molecule has 1 saturated heterocycles. The van der Waals surface area contributed by atoms with E-state index in [9.17, 15) is 9.59 Å². The summed E-state index contributed by atoms with van der Waals surface area (Å²) in [5.41, 5.74) is 1.08. The minimum Gasteiger partial charge on any atom is -0.477 e. The van der Waals surface area contributed by atoms with Crippen molar-refractivity contribution in [3.63, 3.8) is 0 Å². The SMILES string of the molecule is Cc1cc(NC(=O)N2CCCCCCC2)c(C(=O)O)[nH]1. The molecule has 0 atom stereocenters. The lowest BCUT2D eigenvalue weighted by atomic mass is 10.1. The minimum atomic E-state index is -1.07. The van der Waals surface area contributed by atoms with E-state index >= 15 is 0 Å². The molecule has 1 aromatic heterocycles. The second kappa shape index (κ2) is 6.45. The number of aromatic nitrogens is 1. The van der Waals surface area contributed by atoms with Crippen LogP contribution in [0.4, 0.5) is 10.5 Å². The predicted molar refractivity (Wildman–Crippen MR) is 76.2 cm³/mol. The topological polar surface area (TPSA) is 85.4 Å². The average Bonchev–Trinajstić information content (AvgIpc) is 2.69. The van der Waals surface area contributed by atoms with Crippen LogP contribution in [0, 0.1) is 6.92 Å². The molecule has 0 bridgehead atoms. The smallest absolute Gasteiger partial charge is 0.354 e. The number of aryl methyl sites for hydroxylation is 1. The lowest BCUT2D eigenvalue weighted by molar-refractivity contribution is 0.0692. The van der Waals surface area contributed by atoms with Crippen LogP contribution in [0.3, 0.4) is 0 Å². The van der Waals surface area contributed by atoms with Crippen LogP contribution in [-0.4, -0.2) is 40.1 Å². The number of hydrogen-bond acceptors (Lipinski definition) is 2. The number of urea groups is 1. The van der Waals surface area contributed by atoms with Gasteiger partial charge >= 0.3 is 12.0 Å². The molecule has 0 radical (unpaired) electrons. The maximum atomic E-state index is 12.2. The van der Waals surface area contributed by atoms with Gasteiger partial charge in [0.1, 0.15) is 5.69 Å². The number of carbonyl (C=O) groups excluding carboxylic acids is 1. The van der Waals surface area contributed by atoms with Crippen LogP contribution in [0.15, 0.2) is 6.07 Å². The monoisotopic (exact) mass is 279 g/mol. The summed E-state index contributed by atoms with van der Waals surface area (Å²) in [5.74, 6) is -1.07. The molecular formula is C14H21N3O3. The number of aromatic amines is 1. The molecule has 110 valence electrons. The van der Waals surface area contributed by atoms with E-state index in [1.807, 2.05) is 0 Å². The average molecular weight is 279 g/mol. The molecule has 2 heterocycles. The third kappa shape index (κ3) is 3.53. The Balaban J connectivity index is 2.04. The minimum absolute atomic E-state index is 0.0305. The van der Waals surface area contributed by atoms with Gasteiger partial charge in [-0.3, -0.25) is 0 Å². The van der Waals surface area contributed by atoms with E-state index in [4.69, 9.17) is 5.11 Å². The Kier molecular flexibility index (Phi) is 4.65. The molecular weight excluding hydrogens is 258 g/mol. The van der Waals surface area contributed by atoms with Gasteiger partial charge in [0.15, 0.2) is 0 Å². The lowest BCUT2D eigenvalue weighted by Crippen LogP contribution is -2.37. The highest BCUT2D eigenvalue weighted by Crippen LogP contribution is 2.18. The van der Waals surface area contributed by atoms with Gasteiger partial charge in [0.05, 0.1) is 5.69 Å². The van der Waals surface area contributed by atoms with E-state index < -0.39 is 5.97 Å². The standard InChI is InChI=1S/C14H21N3O3/c1-10-9-11(12(15-10)13(18)19)16-14(20)17-7-5-3-2-4-6-8-17/h9,15H,2-8H2,1H3,(H,16,20)(H,18,19). The lowest BCUT2D eigenvalue weighted by Gasteiger charge is -2.24. The highest BCUT2D eigenvalue weighted by atomic mass is 16.4. The molecule has 6 heteroatoms. The normalized spacial score (nSPS) is 16.4. The van der Waals surface area contributed by atoms with Crippen LogP contribution in [0.2, 0.25) is 0 Å². The van der Waals surface area contributed by atoms with Crippen LogP contribution in [0.1, 0.15) is 48.3 Å². The van der Waals surface area contributed by atoms with Gasteiger partial charge in [-0.25, -0.2) is 9.59 Å². The number of likely N-dealkylation sites (tertiary alicyclic amines) is 1. The summed E-state index contributed by atoms with van der Waals surface area (Å²) >= 11 is 0. The van der Waals surface area contributed by atoms with E-state index in [0.717, 1.165) is 38.8 Å². The van der Waals surface area contributed by atoms with Gasteiger partial charge in [-0.1, -0.05) is 19.3 Å². The molecule has 2 rings (SSSR count). The molecule has 6 nitrogen and oxygen atoms in total. The number of carbonyl (C=O) groups is 2. The molecule has 0 spiro atoms. The first kappa shape index (κ1) is 14.4. The summed E-state index contributed by atoms with van der Waals surface area (Å²) in [7, 11) is 0. The Morgan fingerprint density at radius 2 is 1.80 bits per heavy atom. The van der Waals surface area contributed by atoms with Gasteiger partial charge in [0.25, 0.3) is 0 Å². The van der Waals surface area contributed by atoms with Crippen LogP contribution in [0.25, 0.3) is 0 Å². The number of carboxylic acid groups (broad SMARTS) is 1. The van der Waals surface area contributed by atoms with Gasteiger partial charge in [-0.2, -0.15) is 0 Å². The van der Waals surface area contributed by atoms with E-state index in [2.05, 4.69) is 10.3 Å². The van der Waals surface area contributed by atoms with Crippen molar-refractivity contribution in [1.82, 2.24) is 9.88 Å². The van der Waals surface area contributed by atoms with Crippen molar-refractivity contribution in [3.05, 3.63) is 17.5 Å². The number of anilines is 1. The summed E-state index contributed by atoms with van der Waals surface area (Å²) in [4.78, 5) is 27.8. The number of H-pyrrole nitrogens is 1. The van der Waals surface area contributed by atoms with E-state index in [1.165, 1.54) is 6.42 Å². The number of rotatable bonds is 2. The van der Waals surface area contributed by atoms with Crippen molar-refractivity contribution < 1.29 is 14.7 Å². The first-order chi connectivity index (χ1) is 9.58. The van der Waals surface area contributed by atoms with Crippen LogP contribution < -0.4 is 5.32 Å². The van der Waals surface area contributed by atoms with Crippen LogP contribution >= 0.6 is 0 Å². The second-order valence-corrected chi connectivity index (χ2v) is 5.23. The fourth-order valence-corrected chi connectivity index (χ4v) is 2.50. The number of nitrogens with one attached hydrogen (secondary N) is 2. The van der Waals surface area contributed by atoms with Crippen molar-refractivity contribution in [1.29, 1.82) is 0 Å². The second-order valence-electron chi connectivity index (χ2n) is 5.23. The van der Waals surface area contributed by atoms with Crippen LogP contribution in [-0.2, 0) is 0 Å². The van der Waals surface area contributed by atoms with Gasteiger partial charge in [0, 0.05) is 18.8 Å². The summed E-state index contributed by atoms with van der Waals surface area (Å²) in [6.45, 7) is 3.23. The molecule has 1 aromatic rings. The molecule has 0 unspecified atom stereocenters. The Morgan fingerprint density at radius 3 is 2.40 bits per heavy atom. The molecule has 1 aliphatic heterocycles. The van der Waals surface area contributed by atoms with Crippen molar-refractivity contribution >= 4 is 17.7 Å². The summed E-state index contributed by atoms with van der Waals surface area (Å²) in [6.07, 6.45) is 5.53. The van der Waals surface area contributed by atoms with Gasteiger partial charge in [-0.05, 0) is 25.8 Å². The Morgan fingerprint density at radius 1 is 1.20 bits per heavy atom. The van der Waals surface area contributed by atoms with E-state index in [-0.39, 0.29) is 11.7 Å². The molecule has 20 heavy (non-hydrogen) atoms. The zero-order chi connectivity index (χ0) is 14.5. The van der Waals surface area contributed by atoms with Crippen molar-refractivity contribution in [2.24, 2.45) is 0 Å². The Hall–Kier alpha value is -1.98. The highest BCUT2D eigenvalue weighted by molar-refractivity contribution is 5.99. The summed E-state index contributed by atoms with van der Waals surface area (Å²) in [5, 5.41) is 11.8. The highest BCUT2D eigenvalue weighted by Gasteiger charge is 2.19. The first-order valence-electron chi connectivity index (χ1n) is 7.07. The number of amides is 2. The number of nitrogens with zero attached hydrogens (tertiary/aromatic N) is 1. The fraction of sp³-hybridized carbons (Fsp3) is 0.571. The van der Waals surface area contributed by atoms with Crippen molar-refractivity contribution in [3.8, 4) is 0 Å². The molecule has 1 aliphatic rings. The maximum absolute atomic E-state index is 12.2. The van der Waals surface area contributed by atoms with Crippen LogP contribution in [0.5, 0.6) is 0 Å². The zero-order valence-electron chi connectivity index (χ0n) is 11.7. The predicted octanol–water partition coefficient (Wildman–Crippen LogP) is 2.82. The molecule has 3 N–H and O–H groups in total. The zero-order valence-corrected chi connectivity index (χ0v) is 11.7. The van der Waals surface area contributed by atoms with Gasteiger partial charge in [0.2, 0.25) is 0 Å². The quantitative estimate of drug-likeness (QED) is 0.778.